The van der Waals surface area contributed by atoms with E-state index in [2.05, 4.69) is 9.88 Å². The van der Waals surface area contributed by atoms with Gasteiger partial charge in [0.1, 0.15) is 16.5 Å². The summed E-state index contributed by atoms with van der Waals surface area (Å²) in [5.74, 6) is -0.404. The summed E-state index contributed by atoms with van der Waals surface area (Å²) in [6, 6.07) is 3.47. The maximum atomic E-state index is 13.8. The Kier molecular flexibility index (Phi) is 4.40. The molecule has 1 aromatic heterocycles. The zero-order chi connectivity index (χ0) is 15.6. The van der Waals surface area contributed by atoms with Gasteiger partial charge in [-0.25, -0.2) is 17.5 Å². The normalized spacial score (nSPS) is 11.8. The van der Waals surface area contributed by atoms with E-state index in [1.54, 1.807) is 13.8 Å². The van der Waals surface area contributed by atoms with Gasteiger partial charge in [0.25, 0.3) is 0 Å². The number of nitrogens with one attached hydrogen (secondary N) is 1. The largest absolute Gasteiger partial charge is 0.392 e. The molecule has 0 bridgehead atoms. The van der Waals surface area contributed by atoms with Gasteiger partial charge in [-0.15, -0.1) is 0 Å². The van der Waals surface area contributed by atoms with Crippen LogP contribution in [0.3, 0.4) is 0 Å². The van der Waals surface area contributed by atoms with Gasteiger partial charge < -0.3 is 9.63 Å². The van der Waals surface area contributed by atoms with Crippen LogP contribution in [0.25, 0.3) is 0 Å². The van der Waals surface area contributed by atoms with E-state index in [0.717, 1.165) is 12.1 Å². The maximum absolute atomic E-state index is 13.8. The number of aromatic nitrogens is 1. The topological polar surface area (TPSA) is 92.4 Å². The molecular weight excluding hydrogens is 299 g/mol. The summed E-state index contributed by atoms with van der Waals surface area (Å²) in [6.07, 6.45) is 0. The minimum atomic E-state index is -4.00. The molecule has 21 heavy (non-hydrogen) atoms. The summed E-state index contributed by atoms with van der Waals surface area (Å²) in [6.45, 7) is 2.96. The SMILES string of the molecule is Cc1noc(C)c1CNS(=O)(=O)c1ccc(CO)cc1F. The predicted octanol–water partition coefficient (Wildman–Crippen LogP) is 1.40. The molecule has 1 aromatic carbocycles. The molecule has 0 radical (unpaired) electrons. The number of halogens is 1. The molecular formula is C13H15FN2O4S. The summed E-state index contributed by atoms with van der Waals surface area (Å²) in [5.41, 5.74) is 1.49. The fourth-order valence-corrected chi connectivity index (χ4v) is 2.91. The van der Waals surface area contributed by atoms with Crippen LogP contribution in [-0.4, -0.2) is 18.7 Å². The van der Waals surface area contributed by atoms with Crippen molar-refractivity contribution in [1.29, 1.82) is 0 Å². The molecule has 2 aromatic rings. The van der Waals surface area contributed by atoms with Crippen molar-refractivity contribution in [2.45, 2.75) is 31.9 Å². The van der Waals surface area contributed by atoms with E-state index < -0.39 is 20.7 Å². The molecule has 0 spiro atoms. The Bertz CT molecular complexity index is 736. The van der Waals surface area contributed by atoms with Gasteiger partial charge in [0.05, 0.1) is 12.3 Å². The van der Waals surface area contributed by atoms with E-state index in [9.17, 15) is 12.8 Å². The molecule has 6 nitrogen and oxygen atoms in total. The standard InChI is InChI=1S/C13H15FN2O4S/c1-8-11(9(2)20-16-8)6-15-21(18,19)13-4-3-10(7-17)5-12(13)14/h3-5,15,17H,6-7H2,1-2H3. The lowest BCUT2D eigenvalue weighted by Crippen LogP contribution is -2.24. The number of aryl methyl sites for hydroxylation is 2. The smallest absolute Gasteiger partial charge is 0.243 e. The van der Waals surface area contributed by atoms with Crippen LogP contribution < -0.4 is 4.72 Å². The van der Waals surface area contributed by atoms with Gasteiger partial charge in [-0.3, -0.25) is 0 Å². The van der Waals surface area contributed by atoms with Crippen LogP contribution in [0.1, 0.15) is 22.6 Å². The number of hydrogen-bond acceptors (Lipinski definition) is 5. The number of aliphatic hydroxyl groups excluding tert-OH is 1. The number of aliphatic hydroxyl groups is 1. The molecule has 8 heteroatoms. The van der Waals surface area contributed by atoms with Gasteiger partial charge in [-0.2, -0.15) is 0 Å². The quantitative estimate of drug-likeness (QED) is 0.870. The van der Waals surface area contributed by atoms with Crippen molar-refractivity contribution in [1.82, 2.24) is 9.88 Å². The third kappa shape index (κ3) is 3.29. The van der Waals surface area contributed by atoms with Crippen LogP contribution in [0.4, 0.5) is 4.39 Å². The molecule has 2 N–H and O–H groups in total. The highest BCUT2D eigenvalue weighted by Crippen LogP contribution is 2.18. The summed E-state index contributed by atoms with van der Waals surface area (Å²) in [4.78, 5) is -0.466. The van der Waals surface area contributed by atoms with Crippen LogP contribution in [0.5, 0.6) is 0 Å². The first-order valence-corrected chi connectivity index (χ1v) is 7.64. The Hall–Kier alpha value is -1.77. The van der Waals surface area contributed by atoms with Crippen molar-refractivity contribution in [2.75, 3.05) is 0 Å². The Morgan fingerprint density at radius 3 is 2.62 bits per heavy atom. The van der Waals surface area contributed by atoms with E-state index in [1.165, 1.54) is 6.07 Å². The summed E-state index contributed by atoms with van der Waals surface area (Å²) >= 11 is 0. The summed E-state index contributed by atoms with van der Waals surface area (Å²) < 4.78 is 45.2. The highest BCUT2D eigenvalue weighted by molar-refractivity contribution is 7.89. The minimum absolute atomic E-state index is 0.0370. The highest BCUT2D eigenvalue weighted by Gasteiger charge is 2.20. The monoisotopic (exact) mass is 314 g/mol. The first-order chi connectivity index (χ1) is 9.85. The van der Waals surface area contributed by atoms with E-state index in [-0.39, 0.29) is 13.2 Å². The second kappa shape index (κ2) is 5.92. The molecule has 0 unspecified atom stereocenters. The van der Waals surface area contributed by atoms with Crippen molar-refractivity contribution >= 4 is 10.0 Å². The number of rotatable bonds is 5. The molecule has 0 fully saturated rings. The number of benzene rings is 1. The maximum Gasteiger partial charge on any atom is 0.243 e. The Balaban J connectivity index is 2.23. The van der Waals surface area contributed by atoms with Crippen molar-refractivity contribution in [3.05, 3.63) is 46.6 Å². The fraction of sp³-hybridized carbons (Fsp3) is 0.308. The van der Waals surface area contributed by atoms with Crippen molar-refractivity contribution in [2.24, 2.45) is 0 Å². The average molecular weight is 314 g/mol. The predicted molar refractivity (Wildman–Crippen MR) is 72.3 cm³/mol. The molecule has 114 valence electrons. The van der Waals surface area contributed by atoms with Gasteiger partial charge in [-0.1, -0.05) is 11.2 Å². The van der Waals surface area contributed by atoms with E-state index >= 15 is 0 Å². The average Bonchev–Trinajstić information content (AvgIpc) is 2.75. The van der Waals surface area contributed by atoms with E-state index in [4.69, 9.17) is 9.63 Å². The van der Waals surface area contributed by atoms with Crippen LogP contribution in [0.2, 0.25) is 0 Å². The minimum Gasteiger partial charge on any atom is -0.392 e. The molecule has 0 amide bonds. The van der Waals surface area contributed by atoms with Gasteiger partial charge in [-0.05, 0) is 31.5 Å². The molecule has 0 atom stereocenters. The first-order valence-electron chi connectivity index (χ1n) is 6.16. The van der Waals surface area contributed by atoms with Gasteiger partial charge in [0, 0.05) is 12.1 Å². The van der Waals surface area contributed by atoms with Gasteiger partial charge >= 0.3 is 0 Å². The molecule has 2 rings (SSSR count). The highest BCUT2D eigenvalue weighted by atomic mass is 32.2. The molecule has 0 aliphatic carbocycles. The van der Waals surface area contributed by atoms with Crippen LogP contribution in [-0.2, 0) is 23.2 Å². The fourth-order valence-electron chi connectivity index (χ4n) is 1.86. The second-order valence-electron chi connectivity index (χ2n) is 4.55. The Morgan fingerprint density at radius 1 is 1.38 bits per heavy atom. The number of nitrogens with zero attached hydrogens (tertiary/aromatic N) is 1. The number of hydrogen-bond donors (Lipinski definition) is 2. The van der Waals surface area contributed by atoms with Crippen molar-refractivity contribution in [3.63, 3.8) is 0 Å². The van der Waals surface area contributed by atoms with Gasteiger partial charge in [0.2, 0.25) is 10.0 Å². The third-order valence-corrected chi connectivity index (χ3v) is 4.52. The molecule has 0 saturated heterocycles. The second-order valence-corrected chi connectivity index (χ2v) is 6.29. The number of sulfonamides is 1. The Morgan fingerprint density at radius 2 is 2.10 bits per heavy atom. The summed E-state index contributed by atoms with van der Waals surface area (Å²) in [5, 5.41) is 12.6. The zero-order valence-electron chi connectivity index (χ0n) is 11.6. The zero-order valence-corrected chi connectivity index (χ0v) is 12.4. The van der Waals surface area contributed by atoms with Crippen molar-refractivity contribution < 1.29 is 22.4 Å². The summed E-state index contributed by atoms with van der Waals surface area (Å²) in [7, 11) is -4.00. The molecule has 1 heterocycles. The Labute approximate surface area is 121 Å². The lowest BCUT2D eigenvalue weighted by Gasteiger charge is -2.08. The van der Waals surface area contributed by atoms with Crippen LogP contribution in [0, 0.1) is 19.7 Å². The van der Waals surface area contributed by atoms with Crippen LogP contribution in [0.15, 0.2) is 27.6 Å². The molecule has 0 aliphatic heterocycles. The third-order valence-electron chi connectivity index (χ3n) is 3.09. The van der Waals surface area contributed by atoms with E-state index in [0.29, 0.717) is 22.6 Å². The lowest BCUT2D eigenvalue weighted by atomic mass is 10.2. The lowest BCUT2D eigenvalue weighted by molar-refractivity contribution is 0.281. The van der Waals surface area contributed by atoms with E-state index in [1.807, 2.05) is 0 Å². The molecule has 0 aliphatic rings. The molecule has 0 saturated carbocycles. The van der Waals surface area contributed by atoms with Crippen LogP contribution >= 0.6 is 0 Å². The first kappa shape index (κ1) is 15.6. The van der Waals surface area contributed by atoms with Gasteiger partial charge in [0.15, 0.2) is 0 Å². The van der Waals surface area contributed by atoms with Crippen molar-refractivity contribution in [3.8, 4) is 0 Å².